The largest absolute Gasteiger partial charge is 0.493 e. The molecule has 39 heavy (non-hydrogen) atoms. The molecule has 1 aromatic heterocycles. The van der Waals surface area contributed by atoms with Gasteiger partial charge in [-0.25, -0.2) is 0 Å². The van der Waals surface area contributed by atoms with Gasteiger partial charge in [-0.1, -0.05) is 38.1 Å². The normalized spacial score (nSPS) is 12.0. The second-order valence-electron chi connectivity index (χ2n) is 10.4. The average Bonchev–Trinajstić information content (AvgIpc) is 3.44. The lowest BCUT2D eigenvalue weighted by Gasteiger charge is -2.34. The molecule has 0 aliphatic heterocycles. The maximum atomic E-state index is 13.9. The van der Waals surface area contributed by atoms with Crippen LogP contribution < -0.4 is 25.0 Å². The summed E-state index contributed by atoms with van der Waals surface area (Å²) < 4.78 is 10.9. The predicted molar refractivity (Wildman–Crippen MR) is 155 cm³/mol. The van der Waals surface area contributed by atoms with Crippen molar-refractivity contribution in [2.24, 2.45) is 0 Å². The highest BCUT2D eigenvalue weighted by Crippen LogP contribution is 2.35. The van der Waals surface area contributed by atoms with Crippen molar-refractivity contribution in [3.8, 4) is 11.5 Å². The molecule has 0 unspecified atom stereocenters. The van der Waals surface area contributed by atoms with Crippen molar-refractivity contribution in [3.05, 3.63) is 76.0 Å². The lowest BCUT2D eigenvalue weighted by atomic mass is 9.99. The Morgan fingerprint density at radius 2 is 1.56 bits per heavy atom. The van der Waals surface area contributed by atoms with E-state index in [-0.39, 0.29) is 18.4 Å². The Kier molecular flexibility index (Phi) is 9.75. The molecule has 1 heterocycles. The fourth-order valence-corrected chi connectivity index (χ4v) is 4.71. The zero-order valence-corrected chi connectivity index (χ0v) is 24.3. The van der Waals surface area contributed by atoms with Crippen molar-refractivity contribution < 1.29 is 23.9 Å². The topological polar surface area (TPSA) is 97.0 Å². The maximum absolute atomic E-state index is 13.9. The van der Waals surface area contributed by atoms with Gasteiger partial charge >= 0.3 is 0 Å². The summed E-state index contributed by atoms with van der Waals surface area (Å²) in [5.41, 5.74) is 1.59. The molecule has 8 nitrogen and oxygen atoms in total. The van der Waals surface area contributed by atoms with Gasteiger partial charge in [0.15, 0.2) is 11.5 Å². The minimum absolute atomic E-state index is 0.291. The number of rotatable bonds is 10. The number of carbonyl (C=O) groups is 3. The zero-order chi connectivity index (χ0) is 28.7. The summed E-state index contributed by atoms with van der Waals surface area (Å²) in [6.07, 6.45) is 0. The van der Waals surface area contributed by atoms with Crippen LogP contribution in [0.2, 0.25) is 0 Å². The van der Waals surface area contributed by atoms with Gasteiger partial charge in [0.05, 0.1) is 25.6 Å². The van der Waals surface area contributed by atoms with E-state index in [1.165, 1.54) is 30.5 Å². The highest BCUT2D eigenvalue weighted by Gasteiger charge is 2.35. The van der Waals surface area contributed by atoms with Gasteiger partial charge in [0, 0.05) is 11.2 Å². The standard InChI is InChI=1S/C30H37N3O5S/c1-19(2)20-10-13-22(14-11-20)33(26(34)18-31-28(35)25-9-8-16-39-25)27(29(36)32-30(3,4)5)21-12-15-23(37-6)24(17-21)38-7/h8-17,19,27H,18H2,1-7H3,(H,31,35)(H,32,36)/t27-/m1/s1. The molecule has 0 fully saturated rings. The minimum Gasteiger partial charge on any atom is -0.493 e. The van der Waals surface area contributed by atoms with Crippen LogP contribution in [0.25, 0.3) is 0 Å². The smallest absolute Gasteiger partial charge is 0.261 e. The van der Waals surface area contributed by atoms with Gasteiger partial charge in [0.1, 0.15) is 6.04 Å². The Morgan fingerprint density at radius 3 is 2.10 bits per heavy atom. The van der Waals surface area contributed by atoms with E-state index in [0.29, 0.717) is 33.5 Å². The van der Waals surface area contributed by atoms with Gasteiger partial charge in [-0.2, -0.15) is 0 Å². The monoisotopic (exact) mass is 551 g/mol. The summed E-state index contributed by atoms with van der Waals surface area (Å²) in [6, 6.07) is 15.1. The van der Waals surface area contributed by atoms with Gasteiger partial charge in [-0.3, -0.25) is 19.3 Å². The van der Waals surface area contributed by atoms with Gasteiger partial charge in [-0.15, -0.1) is 11.3 Å². The second kappa shape index (κ2) is 12.8. The maximum Gasteiger partial charge on any atom is 0.261 e. The van der Waals surface area contributed by atoms with Crippen LogP contribution in [0.1, 0.15) is 67.4 Å². The van der Waals surface area contributed by atoms with Crippen LogP contribution in [0.5, 0.6) is 11.5 Å². The van der Waals surface area contributed by atoms with Crippen LogP contribution in [-0.2, 0) is 9.59 Å². The van der Waals surface area contributed by atoms with Crippen molar-refractivity contribution in [2.45, 2.75) is 52.1 Å². The number of anilines is 1. The first kappa shape index (κ1) is 29.7. The van der Waals surface area contributed by atoms with Crippen LogP contribution in [0, 0.1) is 0 Å². The number of amides is 3. The number of methoxy groups -OCH3 is 2. The summed E-state index contributed by atoms with van der Waals surface area (Å²) in [5.74, 6) is 0.0479. The lowest BCUT2D eigenvalue weighted by Crippen LogP contribution is -2.51. The van der Waals surface area contributed by atoms with Crippen LogP contribution in [0.15, 0.2) is 60.0 Å². The molecule has 2 N–H and O–H groups in total. The number of nitrogens with one attached hydrogen (secondary N) is 2. The average molecular weight is 552 g/mol. The highest BCUT2D eigenvalue weighted by molar-refractivity contribution is 7.12. The number of hydrogen-bond acceptors (Lipinski definition) is 6. The van der Waals surface area contributed by atoms with E-state index in [2.05, 4.69) is 24.5 Å². The summed E-state index contributed by atoms with van der Waals surface area (Å²) in [6.45, 7) is 9.50. The molecule has 3 amide bonds. The van der Waals surface area contributed by atoms with E-state index in [4.69, 9.17) is 9.47 Å². The third kappa shape index (κ3) is 7.60. The van der Waals surface area contributed by atoms with Gasteiger partial charge in [0.25, 0.3) is 5.91 Å². The van der Waals surface area contributed by atoms with Crippen molar-refractivity contribution in [1.82, 2.24) is 10.6 Å². The van der Waals surface area contributed by atoms with E-state index in [1.54, 1.807) is 35.7 Å². The Balaban J connectivity index is 2.11. The van der Waals surface area contributed by atoms with Gasteiger partial charge < -0.3 is 20.1 Å². The highest BCUT2D eigenvalue weighted by atomic mass is 32.1. The molecule has 2 aromatic carbocycles. The number of carbonyl (C=O) groups excluding carboxylic acids is 3. The van der Waals surface area contributed by atoms with E-state index in [9.17, 15) is 14.4 Å². The summed E-state index contributed by atoms with van der Waals surface area (Å²) in [5, 5.41) is 7.51. The Morgan fingerprint density at radius 1 is 0.923 bits per heavy atom. The van der Waals surface area contributed by atoms with Crippen LogP contribution in [0.3, 0.4) is 0 Å². The lowest BCUT2D eigenvalue weighted by molar-refractivity contribution is -0.127. The molecule has 9 heteroatoms. The molecule has 3 rings (SSSR count). The van der Waals surface area contributed by atoms with E-state index < -0.39 is 17.5 Å². The summed E-state index contributed by atoms with van der Waals surface area (Å²) in [4.78, 5) is 42.3. The fourth-order valence-electron chi connectivity index (χ4n) is 4.07. The second-order valence-corrected chi connectivity index (χ2v) is 11.4. The minimum atomic E-state index is -1.06. The molecule has 0 radical (unpaired) electrons. The molecule has 0 saturated carbocycles. The molecular weight excluding hydrogens is 514 g/mol. The van der Waals surface area contributed by atoms with Crippen LogP contribution in [-0.4, -0.2) is 44.0 Å². The number of thiophene rings is 1. The Labute approximate surface area is 234 Å². The Hall–Kier alpha value is -3.85. The zero-order valence-electron chi connectivity index (χ0n) is 23.5. The molecule has 0 saturated heterocycles. The quantitative estimate of drug-likeness (QED) is 0.356. The molecule has 0 aliphatic carbocycles. The molecule has 3 aromatic rings. The van der Waals surface area contributed by atoms with Gasteiger partial charge in [-0.05, 0) is 73.5 Å². The molecule has 0 bridgehead atoms. The predicted octanol–water partition coefficient (Wildman–Crippen LogP) is 5.31. The van der Waals surface area contributed by atoms with Crippen molar-refractivity contribution >= 4 is 34.7 Å². The SMILES string of the molecule is COc1ccc([C@H](C(=O)NC(C)(C)C)N(C(=O)CNC(=O)c2cccs2)c2ccc(C(C)C)cc2)cc1OC. The molecule has 0 spiro atoms. The van der Waals surface area contributed by atoms with E-state index >= 15 is 0 Å². The number of benzene rings is 2. The summed E-state index contributed by atoms with van der Waals surface area (Å²) in [7, 11) is 3.04. The van der Waals surface area contributed by atoms with E-state index in [0.717, 1.165) is 5.56 Å². The van der Waals surface area contributed by atoms with Gasteiger partial charge in [0.2, 0.25) is 11.8 Å². The molecule has 1 atom stereocenters. The number of nitrogens with zero attached hydrogens (tertiary/aromatic N) is 1. The van der Waals surface area contributed by atoms with Crippen LogP contribution >= 0.6 is 11.3 Å². The van der Waals surface area contributed by atoms with Crippen molar-refractivity contribution in [2.75, 3.05) is 25.7 Å². The molecular formula is C30H37N3O5S. The third-order valence-corrected chi connectivity index (χ3v) is 6.85. The molecule has 0 aliphatic rings. The first-order chi connectivity index (χ1) is 18.4. The van der Waals surface area contributed by atoms with E-state index in [1.807, 2.05) is 45.0 Å². The fraction of sp³-hybridized carbons (Fsp3) is 0.367. The first-order valence-electron chi connectivity index (χ1n) is 12.7. The van der Waals surface area contributed by atoms with Crippen molar-refractivity contribution in [3.63, 3.8) is 0 Å². The first-order valence-corrected chi connectivity index (χ1v) is 13.6. The van der Waals surface area contributed by atoms with Crippen molar-refractivity contribution in [1.29, 1.82) is 0 Å². The Bertz CT molecular complexity index is 1280. The number of hydrogen-bond donors (Lipinski definition) is 2. The number of ether oxygens (including phenoxy) is 2. The molecule has 208 valence electrons. The van der Waals surface area contributed by atoms with Crippen LogP contribution in [0.4, 0.5) is 5.69 Å². The summed E-state index contributed by atoms with van der Waals surface area (Å²) >= 11 is 1.29. The third-order valence-electron chi connectivity index (χ3n) is 5.98.